The molecule has 0 unspecified atom stereocenters. The van der Waals surface area contributed by atoms with Crippen LogP contribution in [0.3, 0.4) is 0 Å². The molecule has 0 saturated heterocycles. The van der Waals surface area contributed by atoms with Crippen LogP contribution < -0.4 is 10.5 Å². The first-order valence-electron chi connectivity index (χ1n) is 4.64. The van der Waals surface area contributed by atoms with Gasteiger partial charge in [0.25, 0.3) is 0 Å². The lowest BCUT2D eigenvalue weighted by atomic mass is 10.3. The smallest absolute Gasteiger partial charge is 0.122 e. The third-order valence-corrected chi connectivity index (χ3v) is 1.76. The van der Waals surface area contributed by atoms with Crippen LogP contribution in [0.4, 0.5) is 0 Å². The van der Waals surface area contributed by atoms with E-state index in [1.165, 1.54) is 0 Å². The zero-order valence-corrected chi connectivity index (χ0v) is 7.99. The molecule has 3 heteroatoms. The number of hydrogen-bond donors (Lipinski definition) is 1. The summed E-state index contributed by atoms with van der Waals surface area (Å²) in [4.78, 5) is 4.08. The summed E-state index contributed by atoms with van der Waals surface area (Å²) in [6.45, 7) is 3.37. The minimum absolute atomic E-state index is 0.463. The highest BCUT2D eigenvalue weighted by molar-refractivity contribution is 5.22. The molecule has 3 nitrogen and oxygen atoms in total. The largest absolute Gasteiger partial charge is 0.493 e. The van der Waals surface area contributed by atoms with Gasteiger partial charge in [0.15, 0.2) is 0 Å². The Labute approximate surface area is 78.9 Å². The van der Waals surface area contributed by atoms with Gasteiger partial charge in [-0.2, -0.15) is 0 Å². The molecule has 1 aromatic heterocycles. The number of hydrogen-bond acceptors (Lipinski definition) is 3. The molecule has 1 heterocycles. The van der Waals surface area contributed by atoms with Gasteiger partial charge in [-0.3, -0.25) is 4.98 Å². The summed E-state index contributed by atoms with van der Waals surface area (Å²) >= 11 is 0. The molecule has 1 aromatic rings. The summed E-state index contributed by atoms with van der Waals surface area (Å²) in [5.41, 5.74) is 6.32. The van der Waals surface area contributed by atoms with Crippen LogP contribution in [-0.4, -0.2) is 11.6 Å². The molecule has 2 N–H and O–H groups in total. The Morgan fingerprint density at radius 1 is 1.54 bits per heavy atom. The van der Waals surface area contributed by atoms with Crippen LogP contribution in [0.25, 0.3) is 0 Å². The average Bonchev–Trinajstić information content (AvgIpc) is 2.19. The first-order valence-corrected chi connectivity index (χ1v) is 4.64. The molecule has 72 valence electrons. The highest BCUT2D eigenvalue weighted by Gasteiger charge is 1.95. The van der Waals surface area contributed by atoms with Crippen LogP contribution in [0.5, 0.6) is 5.75 Å². The van der Waals surface area contributed by atoms with E-state index >= 15 is 0 Å². The summed E-state index contributed by atoms with van der Waals surface area (Å²) in [5.74, 6) is 0.865. The van der Waals surface area contributed by atoms with Crippen molar-refractivity contribution in [3.8, 4) is 5.75 Å². The van der Waals surface area contributed by atoms with Crippen LogP contribution in [0.2, 0.25) is 0 Å². The highest BCUT2D eigenvalue weighted by Crippen LogP contribution is 2.10. The molecule has 13 heavy (non-hydrogen) atoms. The number of ether oxygens (including phenoxy) is 1. The van der Waals surface area contributed by atoms with Gasteiger partial charge in [-0.25, -0.2) is 0 Å². The van der Waals surface area contributed by atoms with Crippen molar-refractivity contribution in [2.75, 3.05) is 6.61 Å². The maximum Gasteiger partial charge on any atom is 0.122 e. The van der Waals surface area contributed by atoms with Crippen LogP contribution in [0.15, 0.2) is 18.3 Å². The van der Waals surface area contributed by atoms with E-state index in [9.17, 15) is 0 Å². The van der Waals surface area contributed by atoms with Crippen LogP contribution in [-0.2, 0) is 6.54 Å². The number of nitrogens with zero attached hydrogens (tertiary/aromatic N) is 1. The molecule has 0 aliphatic heterocycles. The van der Waals surface area contributed by atoms with Crippen molar-refractivity contribution in [1.82, 2.24) is 4.98 Å². The van der Waals surface area contributed by atoms with Crippen LogP contribution in [0, 0.1) is 0 Å². The molecule has 0 amide bonds. The molecule has 0 aliphatic carbocycles. The second-order valence-corrected chi connectivity index (χ2v) is 2.89. The fourth-order valence-corrected chi connectivity index (χ4v) is 0.992. The van der Waals surface area contributed by atoms with Gasteiger partial charge in [0.05, 0.1) is 12.3 Å². The monoisotopic (exact) mass is 180 g/mol. The van der Waals surface area contributed by atoms with Crippen molar-refractivity contribution in [1.29, 1.82) is 0 Å². The first-order chi connectivity index (χ1) is 6.36. The van der Waals surface area contributed by atoms with Gasteiger partial charge in [0.1, 0.15) is 5.75 Å². The molecule has 0 atom stereocenters. The third kappa shape index (κ3) is 3.42. The highest BCUT2D eigenvalue weighted by atomic mass is 16.5. The Balaban J connectivity index is 2.46. The standard InChI is InChI=1S/C10H16N2O/c1-2-3-6-13-10-4-5-12-9(7-10)8-11/h4-5,7H,2-3,6,8,11H2,1H3. The van der Waals surface area contributed by atoms with E-state index < -0.39 is 0 Å². The molecule has 0 saturated carbocycles. The molecule has 0 spiro atoms. The van der Waals surface area contributed by atoms with Crippen molar-refractivity contribution in [2.45, 2.75) is 26.3 Å². The fourth-order valence-electron chi connectivity index (χ4n) is 0.992. The third-order valence-electron chi connectivity index (χ3n) is 1.76. The molecule has 0 aliphatic rings. The summed E-state index contributed by atoms with van der Waals surface area (Å²) in [7, 11) is 0. The summed E-state index contributed by atoms with van der Waals surface area (Å²) in [6.07, 6.45) is 3.96. The SMILES string of the molecule is CCCCOc1ccnc(CN)c1. The zero-order chi connectivity index (χ0) is 9.52. The first kappa shape index (κ1) is 9.99. The van der Waals surface area contributed by atoms with E-state index in [1.54, 1.807) is 6.20 Å². The van der Waals surface area contributed by atoms with Crippen molar-refractivity contribution in [3.63, 3.8) is 0 Å². The van der Waals surface area contributed by atoms with Crippen molar-refractivity contribution in [3.05, 3.63) is 24.0 Å². The predicted molar refractivity (Wildman–Crippen MR) is 52.5 cm³/mol. The van der Waals surface area contributed by atoms with Gasteiger partial charge in [0.2, 0.25) is 0 Å². The van der Waals surface area contributed by atoms with Crippen molar-refractivity contribution < 1.29 is 4.74 Å². The minimum atomic E-state index is 0.463. The Bertz CT molecular complexity index is 250. The van der Waals surface area contributed by atoms with Gasteiger partial charge in [-0.15, -0.1) is 0 Å². The second-order valence-electron chi connectivity index (χ2n) is 2.89. The summed E-state index contributed by atoms with van der Waals surface area (Å²) in [5, 5.41) is 0. The predicted octanol–water partition coefficient (Wildman–Crippen LogP) is 1.72. The van der Waals surface area contributed by atoms with Gasteiger partial charge < -0.3 is 10.5 Å². The quantitative estimate of drug-likeness (QED) is 0.702. The second kappa shape index (κ2) is 5.54. The number of pyridine rings is 1. The summed E-state index contributed by atoms with van der Waals surface area (Å²) < 4.78 is 5.49. The molecule has 0 bridgehead atoms. The van der Waals surface area contributed by atoms with Gasteiger partial charge in [-0.1, -0.05) is 13.3 Å². The van der Waals surface area contributed by atoms with Gasteiger partial charge in [0, 0.05) is 18.8 Å². The van der Waals surface area contributed by atoms with Crippen molar-refractivity contribution in [2.24, 2.45) is 5.73 Å². The number of unbranched alkanes of at least 4 members (excludes halogenated alkanes) is 1. The van der Waals surface area contributed by atoms with E-state index in [4.69, 9.17) is 10.5 Å². The average molecular weight is 180 g/mol. The van der Waals surface area contributed by atoms with E-state index in [0.29, 0.717) is 6.54 Å². The van der Waals surface area contributed by atoms with Gasteiger partial charge in [-0.05, 0) is 12.5 Å². The lowest BCUT2D eigenvalue weighted by Gasteiger charge is -2.05. The van der Waals surface area contributed by atoms with E-state index in [2.05, 4.69) is 11.9 Å². The maximum atomic E-state index is 5.49. The molecular formula is C10H16N2O. The lowest BCUT2D eigenvalue weighted by molar-refractivity contribution is 0.308. The normalized spacial score (nSPS) is 10.0. The Hall–Kier alpha value is -1.09. The topological polar surface area (TPSA) is 48.1 Å². The van der Waals surface area contributed by atoms with E-state index in [-0.39, 0.29) is 0 Å². The summed E-state index contributed by atoms with van der Waals surface area (Å²) in [6, 6.07) is 3.74. The molecule has 1 rings (SSSR count). The molecule has 0 radical (unpaired) electrons. The fraction of sp³-hybridized carbons (Fsp3) is 0.500. The minimum Gasteiger partial charge on any atom is -0.493 e. The molecule has 0 aromatic carbocycles. The Morgan fingerprint density at radius 2 is 2.38 bits per heavy atom. The lowest BCUT2D eigenvalue weighted by Crippen LogP contribution is -2.01. The van der Waals surface area contributed by atoms with E-state index in [0.717, 1.165) is 30.9 Å². The number of aromatic nitrogens is 1. The van der Waals surface area contributed by atoms with Gasteiger partial charge >= 0.3 is 0 Å². The van der Waals surface area contributed by atoms with Crippen LogP contribution >= 0.6 is 0 Å². The van der Waals surface area contributed by atoms with E-state index in [1.807, 2.05) is 12.1 Å². The Kier molecular flexibility index (Phi) is 4.26. The number of rotatable bonds is 5. The maximum absolute atomic E-state index is 5.49. The van der Waals surface area contributed by atoms with Crippen molar-refractivity contribution >= 4 is 0 Å². The molecular weight excluding hydrogens is 164 g/mol. The zero-order valence-electron chi connectivity index (χ0n) is 7.99. The Morgan fingerprint density at radius 3 is 3.08 bits per heavy atom. The number of nitrogens with two attached hydrogens (primary N) is 1. The molecule has 0 fully saturated rings. The van der Waals surface area contributed by atoms with Crippen LogP contribution in [0.1, 0.15) is 25.5 Å².